The molecule has 1 aliphatic heterocycles. The summed E-state index contributed by atoms with van der Waals surface area (Å²) in [6.45, 7) is 7.13. The third-order valence-corrected chi connectivity index (χ3v) is 4.45. The van der Waals surface area contributed by atoms with Crippen LogP contribution >= 0.6 is 35.4 Å². The molecule has 6 nitrogen and oxygen atoms in total. The number of nitrogens with one attached hydrogen (secondary N) is 3. The van der Waals surface area contributed by atoms with Gasteiger partial charge in [0.05, 0.1) is 37.0 Å². The van der Waals surface area contributed by atoms with Crippen molar-refractivity contribution in [2.45, 2.75) is 6.92 Å². The zero-order valence-corrected chi connectivity index (χ0v) is 15.7. The number of thiocarbonyl (C=S) groups is 1. The Morgan fingerprint density at radius 3 is 2.79 bits per heavy atom. The van der Waals surface area contributed by atoms with Crippen molar-refractivity contribution in [3.63, 3.8) is 0 Å². The first-order chi connectivity index (χ1) is 11.5. The molecule has 1 heterocycles. The maximum absolute atomic E-state index is 9.98. The maximum Gasteiger partial charge on any atom is 0.187 e. The highest BCUT2D eigenvalue weighted by molar-refractivity contribution is 7.80. The van der Waals surface area contributed by atoms with Crippen molar-refractivity contribution in [2.24, 2.45) is 5.10 Å². The van der Waals surface area contributed by atoms with Gasteiger partial charge in [0.25, 0.3) is 0 Å². The van der Waals surface area contributed by atoms with E-state index in [1.807, 2.05) is 0 Å². The minimum absolute atomic E-state index is 0.0566. The predicted molar refractivity (Wildman–Crippen MR) is 100 cm³/mol. The molecule has 4 N–H and O–H groups in total. The molecule has 0 unspecified atom stereocenters. The van der Waals surface area contributed by atoms with E-state index in [-0.39, 0.29) is 10.8 Å². The topological polar surface area (TPSA) is 70.3 Å². The number of rotatable bonds is 5. The standard InChI is InChI=1S/C15H20Cl2N4O2S/c1-10(12-8-11(16)9-13(17)14(12)22)19-20-15(24)18-2-3-21-4-6-23-7-5-21/h8-9,22H,2-7H2,1H3,(H2,18,20,24)/p+1/b19-10+. The lowest BCUT2D eigenvalue weighted by atomic mass is 10.1. The van der Waals surface area contributed by atoms with E-state index in [9.17, 15) is 5.11 Å². The molecular formula is C15H21Cl2N4O2S+. The first-order valence-electron chi connectivity index (χ1n) is 7.65. The normalized spacial score (nSPS) is 16.0. The summed E-state index contributed by atoms with van der Waals surface area (Å²) in [5, 5.41) is 18.3. The van der Waals surface area contributed by atoms with Crippen LogP contribution in [-0.4, -0.2) is 55.3 Å². The molecule has 2 rings (SSSR count). The van der Waals surface area contributed by atoms with Crippen molar-refractivity contribution in [1.82, 2.24) is 10.7 Å². The molecule has 1 fully saturated rings. The number of hydrazone groups is 1. The number of phenolic OH excluding ortho intramolecular Hbond substituents is 1. The summed E-state index contributed by atoms with van der Waals surface area (Å²) >= 11 is 17.1. The molecule has 0 amide bonds. The first kappa shape index (κ1) is 19.2. The molecule has 1 aromatic carbocycles. The Morgan fingerprint density at radius 1 is 1.38 bits per heavy atom. The largest absolute Gasteiger partial charge is 0.506 e. The average Bonchev–Trinajstić information content (AvgIpc) is 2.57. The molecule has 0 aliphatic carbocycles. The highest BCUT2D eigenvalue weighted by Crippen LogP contribution is 2.31. The second kappa shape index (κ2) is 9.39. The molecule has 9 heteroatoms. The van der Waals surface area contributed by atoms with Gasteiger partial charge in [0.1, 0.15) is 18.8 Å². The molecule has 24 heavy (non-hydrogen) atoms. The Balaban J connectivity index is 1.82. The van der Waals surface area contributed by atoms with E-state index < -0.39 is 0 Å². The van der Waals surface area contributed by atoms with Crippen molar-refractivity contribution >= 4 is 46.2 Å². The lowest BCUT2D eigenvalue weighted by Crippen LogP contribution is -3.14. The van der Waals surface area contributed by atoms with Gasteiger partial charge in [0.15, 0.2) is 5.11 Å². The van der Waals surface area contributed by atoms with Gasteiger partial charge in [-0.3, -0.25) is 5.43 Å². The number of halogens is 2. The number of hydrogen-bond donors (Lipinski definition) is 4. The van der Waals surface area contributed by atoms with E-state index in [0.717, 1.165) is 39.4 Å². The fourth-order valence-corrected chi connectivity index (χ4v) is 2.98. The van der Waals surface area contributed by atoms with E-state index in [4.69, 9.17) is 40.2 Å². The number of nitrogens with zero attached hydrogens (tertiary/aromatic N) is 1. The number of morpholine rings is 1. The lowest BCUT2D eigenvalue weighted by molar-refractivity contribution is -0.906. The van der Waals surface area contributed by atoms with Crippen molar-refractivity contribution in [2.75, 3.05) is 39.4 Å². The Kier molecular flexibility index (Phi) is 7.51. The van der Waals surface area contributed by atoms with E-state index in [1.165, 1.54) is 11.0 Å². The highest BCUT2D eigenvalue weighted by Gasteiger charge is 2.13. The van der Waals surface area contributed by atoms with Crippen molar-refractivity contribution in [1.29, 1.82) is 0 Å². The highest BCUT2D eigenvalue weighted by atomic mass is 35.5. The van der Waals surface area contributed by atoms with Crippen LogP contribution in [0.15, 0.2) is 17.2 Å². The van der Waals surface area contributed by atoms with Crippen LogP contribution in [0.5, 0.6) is 5.75 Å². The summed E-state index contributed by atoms with van der Waals surface area (Å²) in [5.41, 5.74) is 3.75. The van der Waals surface area contributed by atoms with E-state index in [1.54, 1.807) is 13.0 Å². The monoisotopic (exact) mass is 391 g/mol. The summed E-state index contributed by atoms with van der Waals surface area (Å²) in [7, 11) is 0. The number of benzene rings is 1. The van der Waals surface area contributed by atoms with Crippen LogP contribution in [0, 0.1) is 0 Å². The van der Waals surface area contributed by atoms with Crippen molar-refractivity contribution in [3.8, 4) is 5.75 Å². The molecule has 0 saturated carbocycles. The molecule has 132 valence electrons. The molecule has 0 bridgehead atoms. The molecular weight excluding hydrogens is 371 g/mol. The van der Waals surface area contributed by atoms with Crippen LogP contribution < -0.4 is 15.6 Å². The average molecular weight is 392 g/mol. The van der Waals surface area contributed by atoms with Crippen molar-refractivity contribution < 1.29 is 14.7 Å². The zero-order chi connectivity index (χ0) is 17.5. The predicted octanol–water partition coefficient (Wildman–Crippen LogP) is 0.802. The maximum atomic E-state index is 9.98. The second-order valence-electron chi connectivity index (χ2n) is 5.46. The van der Waals surface area contributed by atoms with Gasteiger partial charge in [-0.15, -0.1) is 0 Å². The van der Waals surface area contributed by atoms with Gasteiger partial charge in [-0.1, -0.05) is 23.2 Å². The van der Waals surface area contributed by atoms with Gasteiger partial charge < -0.3 is 20.1 Å². The number of aromatic hydroxyl groups is 1. The molecule has 0 radical (unpaired) electrons. The fraction of sp³-hybridized carbons (Fsp3) is 0.467. The number of phenols is 1. The van der Waals surface area contributed by atoms with Crippen LogP contribution in [0.4, 0.5) is 0 Å². The van der Waals surface area contributed by atoms with Crippen LogP contribution in [0.3, 0.4) is 0 Å². The zero-order valence-electron chi connectivity index (χ0n) is 13.4. The SMILES string of the molecule is C/C(=N\NC(=S)NCC[NH+]1CCOCC1)c1cc(Cl)cc(Cl)c1O. The summed E-state index contributed by atoms with van der Waals surface area (Å²) in [4.78, 5) is 1.50. The molecule has 1 aliphatic rings. The lowest BCUT2D eigenvalue weighted by Gasteiger charge is -2.23. The number of hydrogen-bond acceptors (Lipinski definition) is 4. The molecule has 0 aromatic heterocycles. The number of quaternary nitrogens is 1. The van der Waals surface area contributed by atoms with Gasteiger partial charge in [0, 0.05) is 10.6 Å². The van der Waals surface area contributed by atoms with Crippen LogP contribution in [0.2, 0.25) is 10.0 Å². The smallest absolute Gasteiger partial charge is 0.187 e. The second-order valence-corrected chi connectivity index (χ2v) is 6.71. The van der Waals surface area contributed by atoms with Gasteiger partial charge in [0.2, 0.25) is 0 Å². The van der Waals surface area contributed by atoms with Crippen LogP contribution in [0.1, 0.15) is 12.5 Å². The van der Waals surface area contributed by atoms with Gasteiger partial charge in [-0.25, -0.2) is 0 Å². The van der Waals surface area contributed by atoms with Crippen LogP contribution in [0.25, 0.3) is 0 Å². The fourth-order valence-electron chi connectivity index (χ4n) is 2.34. The number of ether oxygens (including phenoxy) is 1. The quantitative estimate of drug-likeness (QED) is 0.339. The van der Waals surface area contributed by atoms with Gasteiger partial charge in [-0.2, -0.15) is 5.10 Å². The van der Waals surface area contributed by atoms with E-state index >= 15 is 0 Å². The summed E-state index contributed by atoms with van der Waals surface area (Å²) in [6, 6.07) is 3.07. The van der Waals surface area contributed by atoms with E-state index in [0.29, 0.717) is 21.4 Å². The minimum atomic E-state index is -0.0566. The molecule has 1 saturated heterocycles. The Hall–Kier alpha value is -1.12. The summed E-state index contributed by atoms with van der Waals surface area (Å²) < 4.78 is 5.32. The summed E-state index contributed by atoms with van der Waals surface area (Å²) in [6.07, 6.45) is 0. The Morgan fingerprint density at radius 2 is 2.08 bits per heavy atom. The molecule has 0 spiro atoms. The van der Waals surface area contributed by atoms with Crippen molar-refractivity contribution in [3.05, 3.63) is 27.7 Å². The summed E-state index contributed by atoms with van der Waals surface area (Å²) in [5.74, 6) is -0.0566. The third-order valence-electron chi connectivity index (χ3n) is 3.71. The van der Waals surface area contributed by atoms with Gasteiger partial charge in [-0.05, 0) is 31.3 Å². The van der Waals surface area contributed by atoms with Crippen LogP contribution in [-0.2, 0) is 4.74 Å². The third kappa shape index (κ3) is 5.75. The van der Waals surface area contributed by atoms with E-state index in [2.05, 4.69) is 15.8 Å². The minimum Gasteiger partial charge on any atom is -0.506 e. The first-order valence-corrected chi connectivity index (χ1v) is 8.81. The Labute approximate surface area is 156 Å². The van der Waals surface area contributed by atoms with Gasteiger partial charge >= 0.3 is 0 Å². The molecule has 0 atom stereocenters. The Bertz CT molecular complexity index is 622. The molecule has 1 aromatic rings.